The molecular formula is C10H20N2Si2. The zero-order valence-corrected chi connectivity index (χ0v) is 12.0. The predicted octanol–water partition coefficient (Wildman–Crippen LogP) is 1.57. The maximum absolute atomic E-state index is 4.40. The monoisotopic (exact) mass is 224 g/mol. The van der Waals surface area contributed by atoms with Crippen molar-refractivity contribution in [3.8, 4) is 0 Å². The van der Waals surface area contributed by atoms with Gasteiger partial charge in [0.05, 0.1) is 0 Å². The molecule has 1 rings (SSSR count). The van der Waals surface area contributed by atoms with E-state index in [-0.39, 0.29) is 0 Å². The molecule has 0 radical (unpaired) electrons. The molecule has 14 heavy (non-hydrogen) atoms. The van der Waals surface area contributed by atoms with E-state index in [0.717, 1.165) is 0 Å². The molecule has 0 unspecified atom stereocenters. The Kier molecular flexibility index (Phi) is 2.97. The quantitative estimate of drug-likeness (QED) is 0.713. The van der Waals surface area contributed by atoms with Gasteiger partial charge in [0.1, 0.15) is 22.5 Å². The second-order valence-corrected chi connectivity index (χ2v) is 15.8. The zero-order valence-electron chi connectivity index (χ0n) is 10.0. The van der Waals surface area contributed by atoms with Crippen molar-refractivity contribution >= 4 is 26.8 Å². The van der Waals surface area contributed by atoms with E-state index in [2.05, 4.69) is 55.3 Å². The van der Waals surface area contributed by atoms with Gasteiger partial charge in [-0.05, 0) is 6.07 Å². The second-order valence-electron chi connectivity index (χ2n) is 5.79. The highest BCUT2D eigenvalue weighted by molar-refractivity contribution is 6.90. The molecule has 0 amide bonds. The molecule has 2 nitrogen and oxygen atoms in total. The van der Waals surface area contributed by atoms with Gasteiger partial charge >= 0.3 is 0 Å². The lowest BCUT2D eigenvalue weighted by Crippen LogP contribution is -2.47. The Morgan fingerprint density at radius 1 is 0.786 bits per heavy atom. The summed E-state index contributed by atoms with van der Waals surface area (Å²) in [5.74, 6) is 0. The summed E-state index contributed by atoms with van der Waals surface area (Å²) in [5.41, 5.74) is 0. The van der Waals surface area contributed by atoms with Crippen LogP contribution in [0.5, 0.6) is 0 Å². The van der Waals surface area contributed by atoms with Crippen molar-refractivity contribution in [1.29, 1.82) is 0 Å². The molecule has 0 aromatic carbocycles. The molecule has 0 aliphatic heterocycles. The van der Waals surface area contributed by atoms with Crippen LogP contribution in [0.25, 0.3) is 0 Å². The van der Waals surface area contributed by atoms with Gasteiger partial charge < -0.3 is 0 Å². The number of hydrogen-bond donors (Lipinski definition) is 0. The lowest BCUT2D eigenvalue weighted by atomic mass is 10.7. The van der Waals surface area contributed by atoms with E-state index in [1.165, 1.54) is 10.6 Å². The molecule has 1 aromatic rings. The van der Waals surface area contributed by atoms with Crippen molar-refractivity contribution in [2.24, 2.45) is 0 Å². The third kappa shape index (κ3) is 2.75. The van der Waals surface area contributed by atoms with Crippen molar-refractivity contribution < 1.29 is 0 Å². The fourth-order valence-electron chi connectivity index (χ4n) is 1.18. The Hall–Kier alpha value is -0.486. The number of nitrogens with zero attached hydrogens (tertiary/aromatic N) is 2. The summed E-state index contributed by atoms with van der Waals surface area (Å²) in [5, 5.41) is 2.56. The minimum absolute atomic E-state index is 1.27. The van der Waals surface area contributed by atoms with Gasteiger partial charge in [-0.15, -0.1) is 0 Å². The van der Waals surface area contributed by atoms with Crippen molar-refractivity contribution in [2.75, 3.05) is 0 Å². The van der Waals surface area contributed by atoms with Crippen molar-refractivity contribution in [2.45, 2.75) is 39.3 Å². The number of aromatic nitrogens is 2. The van der Waals surface area contributed by atoms with Crippen LogP contribution in [0.1, 0.15) is 0 Å². The van der Waals surface area contributed by atoms with Crippen molar-refractivity contribution in [3.05, 3.63) is 12.4 Å². The molecule has 0 saturated heterocycles. The van der Waals surface area contributed by atoms with E-state index in [1.807, 2.05) is 0 Å². The molecule has 0 aliphatic rings. The Labute approximate surface area is 88.8 Å². The fraction of sp³-hybridized carbons (Fsp3) is 0.600. The standard InChI is InChI=1S/C10H20N2Si2/c1-13(2,3)9-7-10(12-8-11-9)14(4,5)6/h7-8H,1-6H3. The molecule has 78 valence electrons. The highest BCUT2D eigenvalue weighted by Crippen LogP contribution is 2.01. The van der Waals surface area contributed by atoms with Gasteiger partial charge in [-0.25, -0.2) is 9.97 Å². The largest absolute Gasteiger partial charge is 0.246 e. The van der Waals surface area contributed by atoms with E-state index >= 15 is 0 Å². The molecule has 0 bridgehead atoms. The van der Waals surface area contributed by atoms with Gasteiger partial charge in [-0.3, -0.25) is 0 Å². The van der Waals surface area contributed by atoms with Crippen LogP contribution in [0.15, 0.2) is 12.4 Å². The maximum Gasteiger partial charge on any atom is 0.114 e. The van der Waals surface area contributed by atoms with E-state index in [1.54, 1.807) is 6.33 Å². The number of rotatable bonds is 2. The Balaban J connectivity index is 3.15. The summed E-state index contributed by atoms with van der Waals surface area (Å²) in [6.07, 6.45) is 1.74. The topological polar surface area (TPSA) is 25.8 Å². The lowest BCUT2D eigenvalue weighted by molar-refractivity contribution is 1.21. The van der Waals surface area contributed by atoms with Crippen LogP contribution in [0, 0.1) is 0 Å². The van der Waals surface area contributed by atoms with Gasteiger partial charge in [0.2, 0.25) is 0 Å². The first-order chi connectivity index (χ1) is 6.21. The number of hydrogen-bond acceptors (Lipinski definition) is 2. The Morgan fingerprint density at radius 3 is 1.43 bits per heavy atom. The summed E-state index contributed by atoms with van der Waals surface area (Å²) in [6.45, 7) is 13.9. The molecule has 1 heterocycles. The van der Waals surface area contributed by atoms with Gasteiger partial charge in [-0.2, -0.15) is 0 Å². The summed E-state index contributed by atoms with van der Waals surface area (Å²) >= 11 is 0. The predicted molar refractivity (Wildman–Crippen MR) is 68.0 cm³/mol. The first-order valence-electron chi connectivity index (χ1n) is 5.04. The average Bonchev–Trinajstić information content (AvgIpc) is 2.01. The summed E-state index contributed by atoms with van der Waals surface area (Å²) in [6, 6.07) is 2.23. The van der Waals surface area contributed by atoms with E-state index in [9.17, 15) is 0 Å². The lowest BCUT2D eigenvalue weighted by Gasteiger charge is -2.19. The van der Waals surface area contributed by atoms with Crippen LogP contribution >= 0.6 is 0 Å². The SMILES string of the molecule is C[Si](C)(C)c1cc([Si](C)(C)C)ncn1. The molecule has 0 saturated carbocycles. The molecule has 4 heteroatoms. The summed E-state index contributed by atoms with van der Waals surface area (Å²) < 4.78 is 0. The molecule has 0 spiro atoms. The first-order valence-corrected chi connectivity index (χ1v) is 12.0. The van der Waals surface area contributed by atoms with Gasteiger partial charge in [0, 0.05) is 10.6 Å². The van der Waals surface area contributed by atoms with E-state index < -0.39 is 16.1 Å². The highest BCUT2D eigenvalue weighted by Gasteiger charge is 2.23. The first kappa shape index (κ1) is 11.6. The Bertz CT molecular complexity index is 294. The molecule has 0 fully saturated rings. The molecule has 0 atom stereocenters. The van der Waals surface area contributed by atoms with Crippen LogP contribution in [-0.4, -0.2) is 26.1 Å². The van der Waals surface area contributed by atoms with Crippen LogP contribution in [0.3, 0.4) is 0 Å². The van der Waals surface area contributed by atoms with E-state index in [4.69, 9.17) is 0 Å². The highest BCUT2D eigenvalue weighted by atomic mass is 28.3. The van der Waals surface area contributed by atoms with Gasteiger partial charge in [0.15, 0.2) is 0 Å². The molecule has 1 aromatic heterocycles. The van der Waals surface area contributed by atoms with Crippen molar-refractivity contribution in [3.63, 3.8) is 0 Å². The molecule has 0 aliphatic carbocycles. The maximum atomic E-state index is 4.40. The third-order valence-corrected chi connectivity index (χ3v) is 5.82. The Morgan fingerprint density at radius 2 is 1.14 bits per heavy atom. The van der Waals surface area contributed by atoms with Gasteiger partial charge in [-0.1, -0.05) is 39.3 Å². The fourth-order valence-corrected chi connectivity index (χ4v) is 3.35. The zero-order chi connectivity index (χ0) is 11.0. The minimum Gasteiger partial charge on any atom is -0.246 e. The van der Waals surface area contributed by atoms with Crippen LogP contribution in [0.2, 0.25) is 39.3 Å². The minimum atomic E-state index is -1.27. The molecule has 0 N–H and O–H groups in total. The van der Waals surface area contributed by atoms with Crippen LogP contribution < -0.4 is 10.6 Å². The van der Waals surface area contributed by atoms with Crippen LogP contribution in [-0.2, 0) is 0 Å². The second kappa shape index (κ2) is 3.58. The summed E-state index contributed by atoms with van der Waals surface area (Å²) in [4.78, 5) is 8.79. The van der Waals surface area contributed by atoms with Gasteiger partial charge in [0.25, 0.3) is 0 Å². The third-order valence-electron chi connectivity index (χ3n) is 2.20. The molecular weight excluding hydrogens is 204 g/mol. The van der Waals surface area contributed by atoms with Crippen LogP contribution in [0.4, 0.5) is 0 Å². The van der Waals surface area contributed by atoms with E-state index in [0.29, 0.717) is 0 Å². The summed E-state index contributed by atoms with van der Waals surface area (Å²) in [7, 11) is -2.54. The average molecular weight is 224 g/mol. The van der Waals surface area contributed by atoms with Crippen molar-refractivity contribution in [1.82, 2.24) is 9.97 Å². The normalized spacial score (nSPS) is 13.0. The smallest absolute Gasteiger partial charge is 0.114 e.